The molecule has 4 aliphatic rings. The number of nitrogens with two attached hydrogens (primary N) is 1. The molecule has 2 atom stereocenters. The first kappa shape index (κ1) is 12.1. The van der Waals surface area contributed by atoms with Crippen molar-refractivity contribution in [2.75, 3.05) is 0 Å². The Hall–Kier alpha value is -1.48. The van der Waals surface area contributed by atoms with Crippen LogP contribution in [-0.4, -0.2) is 15.5 Å². The van der Waals surface area contributed by atoms with Gasteiger partial charge in [0.1, 0.15) is 0 Å². The smallest absolute Gasteiger partial charge is 0.0770 e. The number of fused-ring (bicyclic) bond motifs is 1. The lowest BCUT2D eigenvalue weighted by Crippen LogP contribution is -2.61. The fourth-order valence-electron chi connectivity index (χ4n) is 6.04. The molecule has 4 saturated carbocycles. The molecule has 0 amide bonds. The van der Waals surface area contributed by atoms with Gasteiger partial charge < -0.3 is 5.73 Å². The molecule has 2 heterocycles. The van der Waals surface area contributed by atoms with Gasteiger partial charge >= 0.3 is 0 Å². The molecule has 3 heteroatoms. The maximum Gasteiger partial charge on any atom is 0.0770 e. The van der Waals surface area contributed by atoms with Gasteiger partial charge in [-0.2, -0.15) is 0 Å². The molecule has 0 saturated heterocycles. The number of rotatable bonds is 1. The van der Waals surface area contributed by atoms with Crippen molar-refractivity contribution < 1.29 is 0 Å². The Kier molecular flexibility index (Phi) is 2.21. The molecule has 4 fully saturated rings. The molecule has 0 spiro atoms. The number of hydrogen-bond donors (Lipinski definition) is 1. The van der Waals surface area contributed by atoms with E-state index in [1.54, 1.807) is 0 Å². The molecule has 0 radical (unpaired) electrons. The Morgan fingerprint density at radius 3 is 2.67 bits per heavy atom. The third-order valence-corrected chi connectivity index (χ3v) is 6.19. The maximum absolute atomic E-state index is 6.75. The Morgan fingerprint density at radius 1 is 1.10 bits per heavy atom. The summed E-state index contributed by atoms with van der Waals surface area (Å²) in [5.74, 6) is 1.63. The van der Waals surface area contributed by atoms with E-state index >= 15 is 0 Å². The van der Waals surface area contributed by atoms with E-state index in [-0.39, 0.29) is 11.0 Å². The summed E-state index contributed by atoms with van der Waals surface area (Å²) in [7, 11) is 0. The summed E-state index contributed by atoms with van der Waals surface area (Å²) < 4.78 is 0. The fraction of sp³-hybridized carbons (Fsp3) is 0.556. The number of aromatic nitrogens is 2. The molecule has 0 aliphatic heterocycles. The Balaban J connectivity index is 1.72. The molecule has 2 aromatic rings. The van der Waals surface area contributed by atoms with Crippen LogP contribution < -0.4 is 5.73 Å². The Labute approximate surface area is 125 Å². The summed E-state index contributed by atoms with van der Waals surface area (Å²) in [6.45, 7) is 0. The molecule has 2 N–H and O–H groups in total. The monoisotopic (exact) mass is 279 g/mol. The van der Waals surface area contributed by atoms with Crippen LogP contribution in [0.5, 0.6) is 0 Å². The standard InChI is InChI=1S/C18H21N3/c19-18-7-12-4-13(8-18)6-17(5-12,11-18)15-10-20-9-14-2-1-3-21-16(14)15/h1-3,9-10,12-13H,4-8,11,19H2. The van der Waals surface area contributed by atoms with Crippen molar-refractivity contribution in [3.8, 4) is 0 Å². The minimum atomic E-state index is 0.0705. The van der Waals surface area contributed by atoms with Crippen LogP contribution in [0.25, 0.3) is 10.9 Å². The van der Waals surface area contributed by atoms with Gasteiger partial charge in [-0.3, -0.25) is 9.97 Å². The normalized spacial score (nSPS) is 40.8. The van der Waals surface area contributed by atoms with Crippen molar-refractivity contribution in [2.45, 2.75) is 49.5 Å². The predicted octanol–water partition coefficient (Wildman–Crippen LogP) is 3.18. The third-order valence-electron chi connectivity index (χ3n) is 6.19. The minimum Gasteiger partial charge on any atom is -0.325 e. The highest BCUT2D eigenvalue weighted by atomic mass is 14.8. The highest BCUT2D eigenvalue weighted by molar-refractivity contribution is 5.81. The van der Waals surface area contributed by atoms with Crippen LogP contribution >= 0.6 is 0 Å². The second-order valence-corrected chi connectivity index (χ2v) is 7.87. The van der Waals surface area contributed by atoms with Gasteiger partial charge in [0.25, 0.3) is 0 Å². The Morgan fingerprint density at radius 2 is 1.90 bits per heavy atom. The largest absolute Gasteiger partial charge is 0.325 e. The number of nitrogens with zero attached hydrogens (tertiary/aromatic N) is 2. The van der Waals surface area contributed by atoms with E-state index in [1.807, 2.05) is 18.5 Å². The minimum absolute atomic E-state index is 0.0705. The second kappa shape index (κ2) is 3.83. The van der Waals surface area contributed by atoms with Crippen molar-refractivity contribution >= 4 is 10.9 Å². The van der Waals surface area contributed by atoms with Crippen molar-refractivity contribution in [3.63, 3.8) is 0 Å². The fourth-order valence-corrected chi connectivity index (χ4v) is 6.04. The molecular formula is C18H21N3. The maximum atomic E-state index is 6.75. The summed E-state index contributed by atoms with van der Waals surface area (Å²) in [4.78, 5) is 9.19. The molecule has 0 aromatic carbocycles. The van der Waals surface area contributed by atoms with Crippen molar-refractivity contribution in [1.82, 2.24) is 9.97 Å². The van der Waals surface area contributed by atoms with Crippen LogP contribution in [0, 0.1) is 11.8 Å². The van der Waals surface area contributed by atoms with Crippen LogP contribution in [0.15, 0.2) is 30.7 Å². The van der Waals surface area contributed by atoms with Crippen LogP contribution in [0.4, 0.5) is 0 Å². The van der Waals surface area contributed by atoms with Crippen molar-refractivity contribution in [1.29, 1.82) is 0 Å². The highest BCUT2D eigenvalue weighted by Crippen LogP contribution is 2.61. The molecule has 3 nitrogen and oxygen atoms in total. The van der Waals surface area contributed by atoms with Crippen LogP contribution in [0.1, 0.15) is 44.1 Å². The van der Waals surface area contributed by atoms with E-state index in [2.05, 4.69) is 22.2 Å². The SMILES string of the molecule is NC12CC3CC(C1)CC(c1cncc4cccnc14)(C3)C2. The molecule has 2 unspecified atom stereocenters. The number of hydrogen-bond acceptors (Lipinski definition) is 3. The first-order chi connectivity index (χ1) is 10.2. The first-order valence-corrected chi connectivity index (χ1v) is 8.14. The predicted molar refractivity (Wildman–Crippen MR) is 82.8 cm³/mol. The lowest BCUT2D eigenvalue weighted by atomic mass is 9.45. The van der Waals surface area contributed by atoms with E-state index in [0.717, 1.165) is 29.2 Å². The average Bonchev–Trinajstić information content (AvgIpc) is 2.44. The van der Waals surface area contributed by atoms with Crippen LogP contribution in [0.2, 0.25) is 0 Å². The van der Waals surface area contributed by atoms with Gasteiger partial charge in [-0.1, -0.05) is 0 Å². The molecule has 6 rings (SSSR count). The molecule has 2 aromatic heterocycles. The summed E-state index contributed by atoms with van der Waals surface area (Å²) in [6, 6.07) is 4.12. The third kappa shape index (κ3) is 1.64. The van der Waals surface area contributed by atoms with Gasteiger partial charge in [-0.15, -0.1) is 0 Å². The van der Waals surface area contributed by atoms with Gasteiger partial charge in [-0.25, -0.2) is 0 Å². The zero-order chi connectivity index (χ0) is 14.1. The summed E-state index contributed by atoms with van der Waals surface area (Å²) in [5, 5.41) is 1.16. The van der Waals surface area contributed by atoms with E-state index < -0.39 is 0 Å². The summed E-state index contributed by atoms with van der Waals surface area (Å²) in [6.07, 6.45) is 13.5. The van der Waals surface area contributed by atoms with E-state index in [0.29, 0.717) is 0 Å². The molecule has 4 aliphatic carbocycles. The average molecular weight is 279 g/mol. The molecule has 21 heavy (non-hydrogen) atoms. The van der Waals surface area contributed by atoms with Gasteiger partial charge in [0, 0.05) is 40.5 Å². The van der Waals surface area contributed by atoms with Gasteiger partial charge in [0.15, 0.2) is 0 Å². The van der Waals surface area contributed by atoms with Gasteiger partial charge in [0.05, 0.1) is 5.52 Å². The van der Waals surface area contributed by atoms with Crippen molar-refractivity contribution in [2.24, 2.45) is 17.6 Å². The highest BCUT2D eigenvalue weighted by Gasteiger charge is 2.57. The second-order valence-electron chi connectivity index (χ2n) is 7.87. The van der Waals surface area contributed by atoms with Crippen molar-refractivity contribution in [3.05, 3.63) is 36.3 Å². The zero-order valence-electron chi connectivity index (χ0n) is 12.3. The quantitative estimate of drug-likeness (QED) is 0.872. The molecule has 108 valence electrons. The van der Waals surface area contributed by atoms with E-state index in [1.165, 1.54) is 37.7 Å². The molecular weight excluding hydrogens is 258 g/mol. The zero-order valence-corrected chi connectivity index (χ0v) is 12.3. The summed E-state index contributed by atoms with van der Waals surface area (Å²) >= 11 is 0. The number of pyridine rings is 2. The lowest BCUT2D eigenvalue weighted by molar-refractivity contribution is -0.0222. The topological polar surface area (TPSA) is 51.8 Å². The molecule has 4 bridgehead atoms. The van der Waals surface area contributed by atoms with Crippen LogP contribution in [0.3, 0.4) is 0 Å². The van der Waals surface area contributed by atoms with Gasteiger partial charge in [0.2, 0.25) is 0 Å². The first-order valence-electron chi connectivity index (χ1n) is 8.14. The van der Waals surface area contributed by atoms with Crippen LogP contribution in [-0.2, 0) is 5.41 Å². The van der Waals surface area contributed by atoms with E-state index in [9.17, 15) is 0 Å². The van der Waals surface area contributed by atoms with Gasteiger partial charge in [-0.05, 0) is 62.5 Å². The lowest BCUT2D eigenvalue weighted by Gasteiger charge is -2.61. The summed E-state index contributed by atoms with van der Waals surface area (Å²) in [5.41, 5.74) is 9.57. The Bertz CT molecular complexity index is 704. The van der Waals surface area contributed by atoms with E-state index in [4.69, 9.17) is 5.73 Å².